The molecule has 0 aromatic heterocycles. The lowest BCUT2D eigenvalue weighted by molar-refractivity contribution is 0.115. The number of hydrogen-bond acceptors (Lipinski definition) is 2. The topological polar surface area (TPSA) is 40.5 Å². The molecule has 2 aromatic rings. The van der Waals surface area contributed by atoms with E-state index in [-0.39, 0.29) is 24.7 Å². The number of rotatable bonds is 5. The normalized spacial score (nSPS) is 11.7. The average molecular weight is 374 g/mol. The van der Waals surface area contributed by atoms with Crippen molar-refractivity contribution in [3.05, 3.63) is 68.9 Å². The molecule has 0 fully saturated rings. The molecule has 2 rings (SSSR count). The van der Waals surface area contributed by atoms with Crippen molar-refractivity contribution in [1.29, 1.82) is 0 Å². The maximum absolute atomic E-state index is 14.1. The van der Waals surface area contributed by atoms with Crippen LogP contribution in [0.1, 0.15) is 11.1 Å². The van der Waals surface area contributed by atoms with Gasteiger partial charge in [-0.05, 0) is 29.7 Å². The van der Waals surface area contributed by atoms with Crippen molar-refractivity contribution >= 4 is 27.5 Å². The van der Waals surface area contributed by atoms with Gasteiger partial charge in [0.2, 0.25) is 0 Å². The lowest BCUT2D eigenvalue weighted by atomic mass is 9.76. The first-order valence-corrected chi connectivity index (χ1v) is 7.61. The van der Waals surface area contributed by atoms with Crippen molar-refractivity contribution in [2.24, 2.45) is 0 Å². The van der Waals surface area contributed by atoms with Gasteiger partial charge in [0.25, 0.3) is 0 Å². The van der Waals surface area contributed by atoms with E-state index < -0.39 is 11.2 Å². The van der Waals surface area contributed by atoms with Crippen LogP contribution in [0.25, 0.3) is 0 Å². The number of hydrogen-bond donors (Lipinski definition) is 2. The van der Waals surface area contributed by atoms with Crippen LogP contribution in [0.4, 0.5) is 4.39 Å². The smallest absolute Gasteiger partial charge is 0.145 e. The third kappa shape index (κ3) is 3.29. The van der Waals surface area contributed by atoms with Crippen molar-refractivity contribution in [1.82, 2.24) is 0 Å². The zero-order valence-electron chi connectivity index (χ0n) is 11.2. The standard InChI is InChI=1S/C16H15BrClFO2/c17-13-6-2-1-5-12(13)16(9-20,10-21)8-11-4-3-7-14(18)15(11)19/h1-7,20-21H,8-10H2. The van der Waals surface area contributed by atoms with Crippen molar-refractivity contribution in [3.8, 4) is 0 Å². The van der Waals surface area contributed by atoms with E-state index in [2.05, 4.69) is 15.9 Å². The lowest BCUT2D eigenvalue weighted by Crippen LogP contribution is -2.38. The average Bonchev–Trinajstić information content (AvgIpc) is 2.50. The first kappa shape index (κ1) is 16.4. The molecule has 2 N–H and O–H groups in total. The van der Waals surface area contributed by atoms with E-state index in [1.807, 2.05) is 18.2 Å². The van der Waals surface area contributed by atoms with E-state index in [9.17, 15) is 14.6 Å². The minimum absolute atomic E-state index is 0.0319. The Kier molecular flexibility index (Phi) is 5.38. The zero-order chi connectivity index (χ0) is 15.5. The molecule has 0 atom stereocenters. The second-order valence-electron chi connectivity index (χ2n) is 4.97. The molecule has 0 spiro atoms. The Morgan fingerprint density at radius 2 is 1.71 bits per heavy atom. The molecular formula is C16H15BrClFO2. The van der Waals surface area contributed by atoms with Gasteiger partial charge in [-0.2, -0.15) is 0 Å². The van der Waals surface area contributed by atoms with Gasteiger partial charge >= 0.3 is 0 Å². The fraction of sp³-hybridized carbons (Fsp3) is 0.250. The van der Waals surface area contributed by atoms with Crippen molar-refractivity contribution in [3.63, 3.8) is 0 Å². The summed E-state index contributed by atoms with van der Waals surface area (Å²) in [6.45, 7) is -0.615. The van der Waals surface area contributed by atoms with Crippen LogP contribution in [0.3, 0.4) is 0 Å². The molecule has 112 valence electrons. The number of benzene rings is 2. The molecule has 2 nitrogen and oxygen atoms in total. The minimum atomic E-state index is -0.981. The van der Waals surface area contributed by atoms with Gasteiger partial charge in [0.05, 0.1) is 18.2 Å². The van der Waals surface area contributed by atoms with Crippen LogP contribution in [-0.4, -0.2) is 23.4 Å². The van der Waals surface area contributed by atoms with Gasteiger partial charge in [0.1, 0.15) is 5.82 Å². The van der Waals surface area contributed by atoms with Crippen molar-refractivity contribution in [2.45, 2.75) is 11.8 Å². The maximum Gasteiger partial charge on any atom is 0.145 e. The van der Waals surface area contributed by atoms with Crippen molar-refractivity contribution in [2.75, 3.05) is 13.2 Å². The molecule has 0 saturated heterocycles. The Balaban J connectivity index is 2.49. The summed E-state index contributed by atoms with van der Waals surface area (Å²) >= 11 is 9.22. The number of halogens is 3. The largest absolute Gasteiger partial charge is 0.395 e. The highest BCUT2D eigenvalue weighted by atomic mass is 79.9. The molecule has 0 bridgehead atoms. The third-order valence-corrected chi connectivity index (χ3v) is 4.59. The Labute approximate surface area is 136 Å². The molecule has 0 heterocycles. The van der Waals surface area contributed by atoms with E-state index in [0.717, 1.165) is 10.0 Å². The summed E-state index contributed by atoms with van der Waals surface area (Å²) in [5.74, 6) is -0.516. The van der Waals surface area contributed by atoms with Crippen LogP contribution < -0.4 is 0 Å². The quantitative estimate of drug-likeness (QED) is 0.839. The molecule has 0 unspecified atom stereocenters. The molecule has 0 amide bonds. The summed E-state index contributed by atoms with van der Waals surface area (Å²) in [5.41, 5.74) is 0.113. The number of aliphatic hydroxyl groups excluding tert-OH is 2. The van der Waals surface area contributed by atoms with E-state index in [1.165, 1.54) is 6.07 Å². The van der Waals surface area contributed by atoms with E-state index in [1.54, 1.807) is 18.2 Å². The van der Waals surface area contributed by atoms with Gasteiger partial charge in [0.15, 0.2) is 0 Å². The lowest BCUT2D eigenvalue weighted by Gasteiger charge is -2.31. The predicted octanol–water partition coefficient (Wildman–Crippen LogP) is 3.71. The fourth-order valence-electron chi connectivity index (χ4n) is 2.37. The summed E-state index contributed by atoms with van der Waals surface area (Å²) in [6, 6.07) is 12.0. The molecule has 0 saturated carbocycles. The van der Waals surface area contributed by atoms with Crippen LogP contribution in [0.15, 0.2) is 46.9 Å². The summed E-state index contributed by atoms with van der Waals surface area (Å²) in [6.07, 6.45) is 0.148. The highest BCUT2D eigenvalue weighted by molar-refractivity contribution is 9.10. The molecular weight excluding hydrogens is 359 g/mol. The highest BCUT2D eigenvalue weighted by Crippen LogP contribution is 2.34. The Morgan fingerprint density at radius 3 is 2.33 bits per heavy atom. The van der Waals surface area contributed by atoms with Gasteiger partial charge in [0, 0.05) is 9.89 Å². The van der Waals surface area contributed by atoms with E-state index >= 15 is 0 Å². The highest BCUT2D eigenvalue weighted by Gasteiger charge is 2.34. The van der Waals surface area contributed by atoms with Gasteiger partial charge < -0.3 is 10.2 Å². The Hall–Kier alpha value is -0.940. The number of aliphatic hydroxyl groups is 2. The molecule has 2 aromatic carbocycles. The first-order chi connectivity index (χ1) is 10.0. The summed E-state index contributed by atoms with van der Waals surface area (Å²) < 4.78 is 14.9. The SMILES string of the molecule is OCC(CO)(Cc1cccc(Cl)c1F)c1ccccc1Br. The fourth-order valence-corrected chi connectivity index (χ4v) is 3.27. The summed E-state index contributed by atoms with van der Waals surface area (Å²) in [5, 5.41) is 19.7. The zero-order valence-corrected chi connectivity index (χ0v) is 13.5. The van der Waals surface area contributed by atoms with E-state index in [0.29, 0.717) is 5.56 Å². The van der Waals surface area contributed by atoms with Crippen LogP contribution in [-0.2, 0) is 11.8 Å². The van der Waals surface area contributed by atoms with Crippen LogP contribution in [0.5, 0.6) is 0 Å². The third-order valence-electron chi connectivity index (χ3n) is 3.61. The van der Waals surface area contributed by atoms with Crippen LogP contribution in [0, 0.1) is 5.82 Å². The molecule has 5 heteroatoms. The van der Waals surface area contributed by atoms with Gasteiger partial charge in [-0.3, -0.25) is 0 Å². The van der Waals surface area contributed by atoms with Gasteiger partial charge in [-0.1, -0.05) is 57.9 Å². The van der Waals surface area contributed by atoms with Crippen molar-refractivity contribution < 1.29 is 14.6 Å². The molecule has 0 aliphatic rings. The molecule has 0 radical (unpaired) electrons. The van der Waals surface area contributed by atoms with Crippen LogP contribution >= 0.6 is 27.5 Å². The van der Waals surface area contributed by atoms with Gasteiger partial charge in [-0.25, -0.2) is 4.39 Å². The van der Waals surface area contributed by atoms with Crippen LogP contribution in [0.2, 0.25) is 5.02 Å². The Morgan fingerprint density at radius 1 is 1.05 bits per heavy atom. The minimum Gasteiger partial charge on any atom is -0.395 e. The molecule has 0 aliphatic carbocycles. The Bertz CT molecular complexity index is 629. The monoisotopic (exact) mass is 372 g/mol. The second-order valence-corrected chi connectivity index (χ2v) is 6.23. The summed E-state index contributed by atoms with van der Waals surface area (Å²) in [4.78, 5) is 0. The summed E-state index contributed by atoms with van der Waals surface area (Å²) in [7, 11) is 0. The van der Waals surface area contributed by atoms with E-state index in [4.69, 9.17) is 11.6 Å². The molecule has 0 aliphatic heterocycles. The second kappa shape index (κ2) is 6.88. The van der Waals surface area contributed by atoms with Gasteiger partial charge in [-0.15, -0.1) is 0 Å². The molecule has 21 heavy (non-hydrogen) atoms. The first-order valence-electron chi connectivity index (χ1n) is 6.43. The predicted molar refractivity (Wildman–Crippen MR) is 85.1 cm³/mol. The maximum atomic E-state index is 14.1.